The van der Waals surface area contributed by atoms with Crippen molar-refractivity contribution in [3.63, 3.8) is 0 Å². The smallest absolute Gasteiger partial charge is 0.0285 e. The topological polar surface area (TPSA) is 0 Å². The van der Waals surface area contributed by atoms with Crippen LogP contribution in [0.1, 0.15) is 59.3 Å². The molecule has 1 aliphatic rings. The molecule has 0 N–H and O–H groups in total. The van der Waals surface area contributed by atoms with Gasteiger partial charge >= 0.3 is 0 Å². The molecule has 0 heteroatoms. The first-order chi connectivity index (χ1) is 5.35. The maximum atomic E-state index is 2.35. The van der Waals surface area contributed by atoms with Crippen LogP contribution in [0.4, 0.5) is 0 Å². The Kier molecular flexibility index (Phi) is 7.66. The highest BCUT2D eigenvalue weighted by molar-refractivity contribution is 5.11. The molecule has 0 bridgehead atoms. The number of hydrogen-bond donors (Lipinski definition) is 0. The molecule has 0 unspecified atom stereocenters. The van der Waals surface area contributed by atoms with Crippen LogP contribution in [-0.4, -0.2) is 0 Å². The molecule has 0 saturated carbocycles. The molecule has 0 heterocycles. The molecule has 0 aromatic carbocycles. The third-order valence-corrected chi connectivity index (χ3v) is 1.97. The van der Waals surface area contributed by atoms with Crippen LogP contribution in [0.2, 0.25) is 0 Å². The molecule has 0 aliphatic heterocycles. The molecular weight excluding hydrogens is 132 g/mol. The summed E-state index contributed by atoms with van der Waals surface area (Å²) in [6.07, 6.45) is 10.4. The Morgan fingerprint density at radius 1 is 1.09 bits per heavy atom. The fraction of sp³-hybridized carbons (Fsp3) is 0.818. The minimum atomic E-state index is 1.32. The quantitative estimate of drug-likeness (QED) is 0.531. The highest BCUT2D eigenvalue weighted by Gasteiger charge is 2.01. The largest absolute Gasteiger partial charge is 0.0850 e. The van der Waals surface area contributed by atoms with Gasteiger partial charge in [0, 0.05) is 0 Å². The van der Waals surface area contributed by atoms with E-state index in [0.717, 1.165) is 0 Å². The molecule has 1 rings (SSSR count). The number of unbranched alkanes of at least 4 members (excludes halogenated alkanes) is 1. The van der Waals surface area contributed by atoms with Gasteiger partial charge in [-0.05, 0) is 19.3 Å². The highest BCUT2D eigenvalue weighted by atomic mass is 14.1. The third kappa shape index (κ3) is 6.15. The van der Waals surface area contributed by atoms with E-state index in [0.29, 0.717) is 0 Å². The summed E-state index contributed by atoms with van der Waals surface area (Å²) in [6, 6.07) is 0. The van der Waals surface area contributed by atoms with Gasteiger partial charge in [0.1, 0.15) is 0 Å². The van der Waals surface area contributed by atoms with Gasteiger partial charge in [-0.2, -0.15) is 0 Å². The summed E-state index contributed by atoms with van der Waals surface area (Å²) >= 11 is 0. The summed E-state index contributed by atoms with van der Waals surface area (Å²) in [5, 5.41) is 0. The summed E-state index contributed by atoms with van der Waals surface area (Å²) in [5.74, 6) is 0. The van der Waals surface area contributed by atoms with Crippen LogP contribution in [0.25, 0.3) is 0 Å². The van der Waals surface area contributed by atoms with Crippen LogP contribution >= 0.6 is 0 Å². The molecule has 0 aromatic rings. The van der Waals surface area contributed by atoms with E-state index in [2.05, 4.69) is 26.8 Å². The SMILES string of the molecule is CCCC.CCCC1=CCC1. The minimum absolute atomic E-state index is 1.32. The van der Waals surface area contributed by atoms with Gasteiger partial charge in [-0.15, -0.1) is 0 Å². The van der Waals surface area contributed by atoms with Gasteiger partial charge in [-0.1, -0.05) is 51.7 Å². The minimum Gasteiger partial charge on any atom is -0.0850 e. The Morgan fingerprint density at radius 3 is 1.73 bits per heavy atom. The zero-order chi connectivity index (χ0) is 8.53. The summed E-state index contributed by atoms with van der Waals surface area (Å²) in [4.78, 5) is 0. The molecule has 0 amide bonds. The lowest BCUT2D eigenvalue weighted by molar-refractivity contribution is 0.763. The average molecular weight is 154 g/mol. The summed E-state index contributed by atoms with van der Waals surface area (Å²) < 4.78 is 0. The zero-order valence-corrected chi connectivity index (χ0v) is 8.32. The zero-order valence-electron chi connectivity index (χ0n) is 8.32. The second kappa shape index (κ2) is 7.84. The van der Waals surface area contributed by atoms with Gasteiger partial charge in [0.15, 0.2) is 0 Å². The van der Waals surface area contributed by atoms with Crippen LogP contribution in [0.5, 0.6) is 0 Å². The lowest BCUT2D eigenvalue weighted by atomic mass is 9.95. The summed E-state index contributed by atoms with van der Waals surface area (Å²) in [7, 11) is 0. The van der Waals surface area contributed by atoms with Gasteiger partial charge in [0.25, 0.3) is 0 Å². The van der Waals surface area contributed by atoms with Gasteiger partial charge in [0.2, 0.25) is 0 Å². The van der Waals surface area contributed by atoms with Crippen molar-refractivity contribution in [2.24, 2.45) is 0 Å². The van der Waals surface area contributed by atoms with Crippen molar-refractivity contribution < 1.29 is 0 Å². The predicted molar refractivity (Wildman–Crippen MR) is 52.8 cm³/mol. The van der Waals surface area contributed by atoms with Crippen molar-refractivity contribution in [2.75, 3.05) is 0 Å². The maximum absolute atomic E-state index is 2.35. The van der Waals surface area contributed by atoms with Crippen LogP contribution in [0.3, 0.4) is 0 Å². The first-order valence-electron chi connectivity index (χ1n) is 5.03. The van der Waals surface area contributed by atoms with Crippen LogP contribution in [-0.2, 0) is 0 Å². The van der Waals surface area contributed by atoms with Crippen molar-refractivity contribution in [1.29, 1.82) is 0 Å². The lowest BCUT2D eigenvalue weighted by Gasteiger charge is -2.11. The van der Waals surface area contributed by atoms with Crippen molar-refractivity contribution in [3.8, 4) is 0 Å². The standard InChI is InChI=1S/C7H12.C4H10/c1-2-4-7-5-3-6-7;1-3-4-2/h5H,2-4,6H2,1H3;3-4H2,1-2H3. The fourth-order valence-corrected chi connectivity index (χ4v) is 0.897. The Bertz CT molecular complexity index is 98.6. The molecule has 0 aromatic heterocycles. The Hall–Kier alpha value is -0.260. The Morgan fingerprint density at radius 2 is 1.64 bits per heavy atom. The molecule has 1 aliphatic carbocycles. The van der Waals surface area contributed by atoms with E-state index in [1.54, 1.807) is 5.57 Å². The normalized spacial score (nSPS) is 14.3. The predicted octanol–water partition coefficient (Wildman–Crippen LogP) is 4.31. The van der Waals surface area contributed by atoms with Gasteiger partial charge in [-0.3, -0.25) is 0 Å². The first kappa shape index (κ1) is 10.7. The van der Waals surface area contributed by atoms with E-state index in [1.165, 1.54) is 38.5 Å². The molecule has 0 spiro atoms. The Balaban J connectivity index is 0.000000218. The maximum Gasteiger partial charge on any atom is -0.0285 e. The van der Waals surface area contributed by atoms with E-state index in [9.17, 15) is 0 Å². The molecule has 0 nitrogen and oxygen atoms in total. The molecule has 0 saturated heterocycles. The fourth-order valence-electron chi connectivity index (χ4n) is 0.897. The molecule has 0 atom stereocenters. The van der Waals surface area contributed by atoms with Gasteiger partial charge < -0.3 is 0 Å². The van der Waals surface area contributed by atoms with Gasteiger partial charge in [0.05, 0.1) is 0 Å². The molecule has 0 radical (unpaired) electrons. The van der Waals surface area contributed by atoms with Crippen LogP contribution in [0, 0.1) is 0 Å². The van der Waals surface area contributed by atoms with E-state index < -0.39 is 0 Å². The van der Waals surface area contributed by atoms with E-state index >= 15 is 0 Å². The number of allylic oxidation sites excluding steroid dienone is 2. The van der Waals surface area contributed by atoms with Crippen molar-refractivity contribution in [2.45, 2.75) is 59.3 Å². The van der Waals surface area contributed by atoms with E-state index in [4.69, 9.17) is 0 Å². The second-order valence-electron chi connectivity index (χ2n) is 3.15. The van der Waals surface area contributed by atoms with E-state index in [1.807, 2.05) is 0 Å². The monoisotopic (exact) mass is 154 g/mol. The first-order valence-corrected chi connectivity index (χ1v) is 5.03. The third-order valence-electron chi connectivity index (χ3n) is 1.97. The second-order valence-corrected chi connectivity index (χ2v) is 3.15. The average Bonchev–Trinajstić information content (AvgIpc) is 1.97. The summed E-state index contributed by atoms with van der Waals surface area (Å²) in [5.41, 5.74) is 1.68. The Labute approximate surface area is 71.7 Å². The molecule has 66 valence electrons. The van der Waals surface area contributed by atoms with Crippen LogP contribution in [0.15, 0.2) is 11.6 Å². The highest BCUT2D eigenvalue weighted by Crippen LogP contribution is 2.21. The molecular formula is C11H22. The lowest BCUT2D eigenvalue weighted by Crippen LogP contribution is -1.91. The molecule has 0 fully saturated rings. The van der Waals surface area contributed by atoms with E-state index in [-0.39, 0.29) is 0 Å². The van der Waals surface area contributed by atoms with Gasteiger partial charge in [-0.25, -0.2) is 0 Å². The van der Waals surface area contributed by atoms with Crippen molar-refractivity contribution in [3.05, 3.63) is 11.6 Å². The van der Waals surface area contributed by atoms with Crippen molar-refractivity contribution >= 4 is 0 Å². The number of hydrogen-bond acceptors (Lipinski definition) is 0. The molecule has 11 heavy (non-hydrogen) atoms. The van der Waals surface area contributed by atoms with Crippen molar-refractivity contribution in [1.82, 2.24) is 0 Å². The van der Waals surface area contributed by atoms with Crippen LogP contribution < -0.4 is 0 Å². The number of rotatable bonds is 3. The summed E-state index contributed by atoms with van der Waals surface area (Å²) in [6.45, 7) is 6.60.